The smallest absolute Gasteiger partial charge is 0.335 e. The summed E-state index contributed by atoms with van der Waals surface area (Å²) in [6.45, 7) is 0.510. The first-order valence-electron chi connectivity index (χ1n) is 6.43. The maximum Gasteiger partial charge on any atom is 0.335 e. The lowest BCUT2D eigenvalue weighted by atomic mass is 10.1. The summed E-state index contributed by atoms with van der Waals surface area (Å²) in [7, 11) is 0. The maximum absolute atomic E-state index is 12.0. The SMILES string of the molecule is O=C(O)c1ccc(CCNC(=O)c2ccccc2I)cc1. The van der Waals surface area contributed by atoms with Crippen LogP contribution in [-0.4, -0.2) is 23.5 Å². The number of rotatable bonds is 5. The predicted octanol–water partition coefficient (Wildman–Crippen LogP) is 2.96. The second-order valence-corrected chi connectivity index (χ2v) is 5.65. The summed E-state index contributed by atoms with van der Waals surface area (Å²) in [4.78, 5) is 22.8. The summed E-state index contributed by atoms with van der Waals surface area (Å²) in [5.74, 6) is -1.03. The Morgan fingerprint density at radius 1 is 1.05 bits per heavy atom. The molecule has 0 spiro atoms. The molecule has 2 N–H and O–H groups in total. The minimum Gasteiger partial charge on any atom is -0.478 e. The van der Waals surface area contributed by atoms with Crippen LogP contribution in [0.2, 0.25) is 0 Å². The van der Waals surface area contributed by atoms with E-state index in [9.17, 15) is 9.59 Å². The molecule has 21 heavy (non-hydrogen) atoms. The molecule has 0 saturated heterocycles. The van der Waals surface area contributed by atoms with Gasteiger partial charge in [0.2, 0.25) is 0 Å². The van der Waals surface area contributed by atoms with Crippen LogP contribution >= 0.6 is 22.6 Å². The Labute approximate surface area is 136 Å². The van der Waals surface area contributed by atoms with E-state index in [2.05, 4.69) is 27.9 Å². The van der Waals surface area contributed by atoms with Crippen LogP contribution in [0.1, 0.15) is 26.3 Å². The third-order valence-electron chi connectivity index (χ3n) is 3.02. The molecule has 2 rings (SSSR count). The first kappa shape index (κ1) is 15.5. The molecule has 4 nitrogen and oxygen atoms in total. The molecule has 0 aliphatic carbocycles. The highest BCUT2D eigenvalue weighted by Crippen LogP contribution is 2.11. The van der Waals surface area contributed by atoms with Crippen molar-refractivity contribution in [3.05, 3.63) is 68.8 Å². The molecule has 0 aromatic heterocycles. The van der Waals surface area contributed by atoms with Crippen molar-refractivity contribution in [3.63, 3.8) is 0 Å². The minimum atomic E-state index is -0.937. The fourth-order valence-electron chi connectivity index (χ4n) is 1.87. The van der Waals surface area contributed by atoms with E-state index in [1.165, 1.54) is 0 Å². The number of carboxylic acids is 1. The number of nitrogens with one attached hydrogen (secondary N) is 1. The Hall–Kier alpha value is -1.89. The molecule has 0 unspecified atom stereocenters. The van der Waals surface area contributed by atoms with Gasteiger partial charge < -0.3 is 10.4 Å². The largest absolute Gasteiger partial charge is 0.478 e. The lowest BCUT2D eigenvalue weighted by molar-refractivity contribution is 0.0696. The number of carbonyl (C=O) groups excluding carboxylic acids is 1. The number of halogens is 1. The van der Waals surface area contributed by atoms with Crippen molar-refractivity contribution in [2.45, 2.75) is 6.42 Å². The number of amides is 1. The molecule has 0 heterocycles. The van der Waals surface area contributed by atoms with Crippen molar-refractivity contribution in [2.24, 2.45) is 0 Å². The monoisotopic (exact) mass is 395 g/mol. The van der Waals surface area contributed by atoms with Gasteiger partial charge in [-0.15, -0.1) is 0 Å². The van der Waals surface area contributed by atoms with Crippen LogP contribution in [0, 0.1) is 3.57 Å². The van der Waals surface area contributed by atoms with Crippen LogP contribution < -0.4 is 5.32 Å². The van der Waals surface area contributed by atoms with Gasteiger partial charge >= 0.3 is 5.97 Å². The molecule has 108 valence electrons. The second kappa shape index (κ2) is 7.21. The zero-order valence-corrected chi connectivity index (χ0v) is 13.3. The van der Waals surface area contributed by atoms with Gasteiger partial charge in [0.15, 0.2) is 0 Å². The number of carbonyl (C=O) groups is 2. The molecular formula is C16H14INO3. The van der Waals surface area contributed by atoms with Crippen molar-refractivity contribution in [2.75, 3.05) is 6.54 Å². The van der Waals surface area contributed by atoms with E-state index in [0.29, 0.717) is 18.5 Å². The Kier molecular flexibility index (Phi) is 5.32. The first-order valence-corrected chi connectivity index (χ1v) is 7.51. The molecule has 0 bridgehead atoms. The lowest BCUT2D eigenvalue weighted by Gasteiger charge is -2.07. The van der Waals surface area contributed by atoms with Crippen molar-refractivity contribution in [3.8, 4) is 0 Å². The van der Waals surface area contributed by atoms with Crippen molar-refractivity contribution in [1.29, 1.82) is 0 Å². The highest BCUT2D eigenvalue weighted by atomic mass is 127. The van der Waals surface area contributed by atoms with Crippen molar-refractivity contribution < 1.29 is 14.7 Å². The zero-order chi connectivity index (χ0) is 15.2. The van der Waals surface area contributed by atoms with E-state index in [-0.39, 0.29) is 11.5 Å². The van der Waals surface area contributed by atoms with Crippen LogP contribution in [0.3, 0.4) is 0 Å². The predicted molar refractivity (Wildman–Crippen MR) is 88.6 cm³/mol. The average Bonchev–Trinajstić information content (AvgIpc) is 2.48. The van der Waals surface area contributed by atoms with E-state index >= 15 is 0 Å². The summed E-state index contributed by atoms with van der Waals surface area (Å²) < 4.78 is 0.915. The van der Waals surface area contributed by atoms with E-state index < -0.39 is 5.97 Å². The van der Waals surface area contributed by atoms with Crippen LogP contribution in [0.25, 0.3) is 0 Å². The number of hydrogen-bond acceptors (Lipinski definition) is 2. The fraction of sp³-hybridized carbons (Fsp3) is 0.125. The third kappa shape index (κ3) is 4.29. The number of hydrogen-bond donors (Lipinski definition) is 2. The summed E-state index contributed by atoms with van der Waals surface area (Å²) in [5, 5.41) is 11.7. The lowest BCUT2D eigenvalue weighted by Crippen LogP contribution is -2.26. The van der Waals surface area contributed by atoms with Crippen LogP contribution in [0.5, 0.6) is 0 Å². The summed E-state index contributed by atoms with van der Waals surface area (Å²) in [5.41, 5.74) is 1.92. The van der Waals surface area contributed by atoms with Crippen LogP contribution in [0.4, 0.5) is 0 Å². The van der Waals surface area contributed by atoms with Crippen molar-refractivity contribution in [1.82, 2.24) is 5.32 Å². The molecule has 2 aromatic rings. The van der Waals surface area contributed by atoms with Gasteiger partial charge in [0.05, 0.1) is 11.1 Å². The molecule has 5 heteroatoms. The molecule has 0 radical (unpaired) electrons. The molecule has 0 aliphatic rings. The summed E-state index contributed by atoms with van der Waals surface area (Å²) in [6.07, 6.45) is 0.662. The van der Waals surface area contributed by atoms with E-state index in [1.807, 2.05) is 18.2 Å². The highest BCUT2D eigenvalue weighted by Gasteiger charge is 2.08. The summed E-state index contributed by atoms with van der Waals surface area (Å²) >= 11 is 2.13. The minimum absolute atomic E-state index is 0.0952. The number of carboxylic acid groups (broad SMARTS) is 1. The number of aromatic carboxylic acids is 1. The number of benzene rings is 2. The van der Waals surface area contributed by atoms with Crippen LogP contribution in [0.15, 0.2) is 48.5 Å². The maximum atomic E-state index is 12.0. The van der Waals surface area contributed by atoms with Crippen molar-refractivity contribution >= 4 is 34.5 Å². The van der Waals surface area contributed by atoms with Gasteiger partial charge in [-0.2, -0.15) is 0 Å². The Morgan fingerprint density at radius 2 is 1.71 bits per heavy atom. The van der Waals surface area contributed by atoms with Gasteiger partial charge in [-0.05, 0) is 58.8 Å². The first-order chi connectivity index (χ1) is 10.1. The molecule has 0 fully saturated rings. The topological polar surface area (TPSA) is 66.4 Å². The second-order valence-electron chi connectivity index (χ2n) is 4.49. The Balaban J connectivity index is 1.88. The summed E-state index contributed by atoms with van der Waals surface area (Å²) in [6, 6.07) is 14.1. The Morgan fingerprint density at radius 3 is 2.33 bits per heavy atom. The van der Waals surface area contributed by atoms with Gasteiger partial charge in [-0.1, -0.05) is 24.3 Å². The third-order valence-corrected chi connectivity index (χ3v) is 3.96. The van der Waals surface area contributed by atoms with Crippen LogP contribution in [-0.2, 0) is 6.42 Å². The average molecular weight is 395 g/mol. The fourth-order valence-corrected chi connectivity index (χ4v) is 2.51. The van der Waals surface area contributed by atoms with Gasteiger partial charge in [0.1, 0.15) is 0 Å². The molecule has 0 aliphatic heterocycles. The highest BCUT2D eigenvalue weighted by molar-refractivity contribution is 14.1. The van der Waals surface area contributed by atoms with E-state index in [1.54, 1.807) is 30.3 Å². The molecule has 0 saturated carbocycles. The molecular weight excluding hydrogens is 381 g/mol. The van der Waals surface area contributed by atoms with Gasteiger partial charge in [-0.3, -0.25) is 4.79 Å². The molecule has 0 atom stereocenters. The molecule has 1 amide bonds. The van der Waals surface area contributed by atoms with Gasteiger partial charge in [0.25, 0.3) is 5.91 Å². The van der Waals surface area contributed by atoms with E-state index in [4.69, 9.17) is 5.11 Å². The normalized spacial score (nSPS) is 10.1. The standard InChI is InChI=1S/C16H14INO3/c17-14-4-2-1-3-13(14)15(19)18-10-9-11-5-7-12(8-6-11)16(20)21/h1-8H,9-10H2,(H,18,19)(H,20,21). The quantitative estimate of drug-likeness (QED) is 0.766. The Bertz CT molecular complexity index is 653. The molecule has 2 aromatic carbocycles. The van der Waals surface area contributed by atoms with Gasteiger partial charge in [0, 0.05) is 10.1 Å². The van der Waals surface area contributed by atoms with Gasteiger partial charge in [-0.25, -0.2) is 4.79 Å². The zero-order valence-electron chi connectivity index (χ0n) is 11.2. The van der Waals surface area contributed by atoms with E-state index in [0.717, 1.165) is 9.13 Å².